The Morgan fingerprint density at radius 1 is 1.38 bits per heavy atom. The summed E-state index contributed by atoms with van der Waals surface area (Å²) in [5.41, 5.74) is 5.94. The average molecular weight is 345 g/mol. The molecule has 0 fully saturated rings. The summed E-state index contributed by atoms with van der Waals surface area (Å²) in [7, 11) is 0. The number of nitrogens with two attached hydrogens (primary N) is 1. The molecule has 0 radical (unpaired) electrons. The summed E-state index contributed by atoms with van der Waals surface area (Å²) in [6.07, 6.45) is 2.75. The number of hydrogen-bond acceptors (Lipinski definition) is 4. The number of aromatic nitrogens is 1. The second-order valence-corrected chi connectivity index (χ2v) is 5.62. The van der Waals surface area contributed by atoms with Crippen LogP contribution in [0.25, 0.3) is 0 Å². The molecule has 2 rings (SSSR count). The molecule has 0 aliphatic heterocycles. The Hall–Kier alpha value is -0.500. The van der Waals surface area contributed by atoms with E-state index in [0.29, 0.717) is 0 Å². The molecule has 0 saturated carbocycles. The van der Waals surface area contributed by atoms with Crippen molar-refractivity contribution < 1.29 is 0 Å². The fraction of sp³-hybridized carbons (Fsp3) is 0.182. The van der Waals surface area contributed by atoms with Crippen LogP contribution in [0.4, 0.5) is 0 Å². The van der Waals surface area contributed by atoms with Gasteiger partial charge in [-0.25, -0.2) is 0 Å². The third-order valence-electron chi connectivity index (χ3n) is 2.35. The zero-order valence-electron chi connectivity index (χ0n) is 8.56. The Bertz CT molecular complexity index is 427. The van der Waals surface area contributed by atoms with Crippen molar-refractivity contribution in [3.63, 3.8) is 0 Å². The van der Waals surface area contributed by atoms with Gasteiger partial charge >= 0.3 is 0 Å². The predicted molar refractivity (Wildman–Crippen MR) is 75.0 cm³/mol. The van der Waals surface area contributed by atoms with Gasteiger partial charge in [-0.1, -0.05) is 12.1 Å². The fourth-order valence-corrected chi connectivity index (χ4v) is 2.54. The van der Waals surface area contributed by atoms with Crippen LogP contribution in [0, 0.1) is 3.57 Å². The lowest BCUT2D eigenvalue weighted by Gasteiger charge is -2.13. The van der Waals surface area contributed by atoms with Crippen molar-refractivity contribution in [2.45, 2.75) is 12.5 Å². The maximum absolute atomic E-state index is 5.57. The molecule has 0 aliphatic rings. The molecule has 1 unspecified atom stereocenters. The van der Waals surface area contributed by atoms with Gasteiger partial charge in [-0.15, -0.1) is 11.3 Å². The smallest absolute Gasteiger partial charge is 0.0794 e. The third-order valence-corrected chi connectivity index (χ3v) is 3.96. The zero-order valence-corrected chi connectivity index (χ0v) is 11.5. The highest BCUT2D eigenvalue weighted by Crippen LogP contribution is 2.21. The standard InChI is InChI=1S/C11H12IN3S/c12-9-3-1-8(2-4-9)5-10(15-13)11-6-14-7-16-11/h1-4,6-7,10,15H,5,13H2. The van der Waals surface area contributed by atoms with Gasteiger partial charge in [0, 0.05) is 14.6 Å². The Labute approximate surface area is 112 Å². The Morgan fingerprint density at radius 3 is 2.69 bits per heavy atom. The highest BCUT2D eigenvalue weighted by Gasteiger charge is 2.11. The topological polar surface area (TPSA) is 50.9 Å². The molecule has 2 aromatic rings. The van der Waals surface area contributed by atoms with Crippen LogP contribution in [-0.2, 0) is 6.42 Å². The molecular formula is C11H12IN3S. The molecule has 5 heteroatoms. The van der Waals surface area contributed by atoms with Gasteiger partial charge < -0.3 is 0 Å². The first-order chi connectivity index (χ1) is 7.79. The van der Waals surface area contributed by atoms with Crippen LogP contribution in [0.2, 0.25) is 0 Å². The number of thiazole rings is 1. The molecule has 0 amide bonds. The highest BCUT2D eigenvalue weighted by molar-refractivity contribution is 14.1. The van der Waals surface area contributed by atoms with Crippen molar-refractivity contribution in [2.24, 2.45) is 5.84 Å². The first-order valence-electron chi connectivity index (χ1n) is 4.88. The molecule has 1 atom stereocenters. The molecule has 0 aliphatic carbocycles. The molecule has 1 aromatic carbocycles. The van der Waals surface area contributed by atoms with Gasteiger partial charge in [0.05, 0.1) is 11.6 Å². The van der Waals surface area contributed by atoms with Crippen LogP contribution in [0.3, 0.4) is 0 Å². The maximum Gasteiger partial charge on any atom is 0.0794 e. The molecule has 1 aromatic heterocycles. The Balaban J connectivity index is 2.10. The van der Waals surface area contributed by atoms with Gasteiger partial charge in [-0.05, 0) is 46.7 Å². The molecule has 3 nitrogen and oxygen atoms in total. The minimum Gasteiger partial charge on any atom is -0.271 e. The number of halogens is 1. The van der Waals surface area contributed by atoms with Gasteiger partial charge in [0.2, 0.25) is 0 Å². The summed E-state index contributed by atoms with van der Waals surface area (Å²) in [5, 5.41) is 0. The molecule has 0 saturated heterocycles. The maximum atomic E-state index is 5.57. The van der Waals surface area contributed by atoms with Gasteiger partial charge in [0.1, 0.15) is 0 Å². The number of hydrogen-bond donors (Lipinski definition) is 2. The van der Waals surface area contributed by atoms with E-state index >= 15 is 0 Å². The lowest BCUT2D eigenvalue weighted by atomic mass is 10.1. The first kappa shape index (κ1) is 12.0. The van der Waals surface area contributed by atoms with Gasteiger partial charge in [0.15, 0.2) is 0 Å². The summed E-state index contributed by atoms with van der Waals surface area (Å²) < 4.78 is 1.25. The third kappa shape index (κ3) is 3.00. The summed E-state index contributed by atoms with van der Waals surface area (Å²) in [6.45, 7) is 0. The normalized spacial score (nSPS) is 12.6. The van der Waals surface area contributed by atoms with E-state index in [2.05, 4.69) is 57.3 Å². The van der Waals surface area contributed by atoms with E-state index in [4.69, 9.17) is 5.84 Å². The van der Waals surface area contributed by atoms with Crippen molar-refractivity contribution >= 4 is 33.9 Å². The van der Waals surface area contributed by atoms with E-state index in [-0.39, 0.29) is 6.04 Å². The van der Waals surface area contributed by atoms with E-state index in [1.54, 1.807) is 11.3 Å². The van der Waals surface area contributed by atoms with E-state index in [1.165, 1.54) is 14.0 Å². The molecule has 16 heavy (non-hydrogen) atoms. The largest absolute Gasteiger partial charge is 0.271 e. The zero-order chi connectivity index (χ0) is 11.4. The van der Waals surface area contributed by atoms with Crippen LogP contribution in [0.1, 0.15) is 16.5 Å². The van der Waals surface area contributed by atoms with Crippen LogP contribution in [0.15, 0.2) is 36.0 Å². The number of nitrogens with one attached hydrogen (secondary N) is 1. The summed E-state index contributed by atoms with van der Waals surface area (Å²) in [5.74, 6) is 5.57. The van der Waals surface area contributed by atoms with E-state index in [1.807, 2.05) is 11.7 Å². The van der Waals surface area contributed by atoms with Crippen molar-refractivity contribution in [2.75, 3.05) is 0 Å². The number of rotatable bonds is 4. The average Bonchev–Trinajstić information content (AvgIpc) is 2.82. The Morgan fingerprint density at radius 2 is 2.12 bits per heavy atom. The minimum atomic E-state index is 0.146. The van der Waals surface area contributed by atoms with E-state index in [0.717, 1.165) is 6.42 Å². The highest BCUT2D eigenvalue weighted by atomic mass is 127. The van der Waals surface area contributed by atoms with Crippen molar-refractivity contribution in [1.29, 1.82) is 0 Å². The number of hydrazine groups is 1. The molecular weight excluding hydrogens is 333 g/mol. The van der Waals surface area contributed by atoms with Crippen LogP contribution < -0.4 is 11.3 Å². The first-order valence-corrected chi connectivity index (χ1v) is 6.84. The van der Waals surface area contributed by atoms with Gasteiger partial charge in [0.25, 0.3) is 0 Å². The summed E-state index contributed by atoms with van der Waals surface area (Å²) >= 11 is 3.92. The van der Waals surface area contributed by atoms with Gasteiger partial charge in [-0.3, -0.25) is 16.3 Å². The fourth-order valence-electron chi connectivity index (χ4n) is 1.50. The van der Waals surface area contributed by atoms with Crippen molar-refractivity contribution in [3.05, 3.63) is 50.0 Å². The minimum absolute atomic E-state index is 0.146. The van der Waals surface area contributed by atoms with E-state index in [9.17, 15) is 0 Å². The molecule has 0 spiro atoms. The molecule has 3 N–H and O–H groups in total. The Kier molecular flexibility index (Phi) is 4.28. The van der Waals surface area contributed by atoms with E-state index < -0.39 is 0 Å². The summed E-state index contributed by atoms with van der Waals surface area (Å²) in [4.78, 5) is 5.24. The second-order valence-electron chi connectivity index (χ2n) is 3.45. The molecule has 84 valence electrons. The monoisotopic (exact) mass is 345 g/mol. The molecule has 0 bridgehead atoms. The second kappa shape index (κ2) is 5.72. The van der Waals surface area contributed by atoms with Crippen molar-refractivity contribution in [1.82, 2.24) is 10.4 Å². The molecule has 1 heterocycles. The SMILES string of the molecule is NNC(Cc1ccc(I)cc1)c1cncs1. The van der Waals surface area contributed by atoms with Crippen LogP contribution in [0.5, 0.6) is 0 Å². The predicted octanol–water partition coefficient (Wildman–Crippen LogP) is 2.49. The lowest BCUT2D eigenvalue weighted by molar-refractivity contribution is 0.559. The van der Waals surface area contributed by atoms with Crippen LogP contribution in [-0.4, -0.2) is 4.98 Å². The summed E-state index contributed by atoms with van der Waals surface area (Å²) in [6, 6.07) is 8.62. The quantitative estimate of drug-likeness (QED) is 0.509. The van der Waals surface area contributed by atoms with Crippen molar-refractivity contribution in [3.8, 4) is 0 Å². The lowest BCUT2D eigenvalue weighted by Crippen LogP contribution is -2.28. The number of nitrogens with zero attached hydrogens (tertiary/aromatic N) is 1. The van der Waals surface area contributed by atoms with Gasteiger partial charge in [-0.2, -0.15) is 0 Å². The van der Waals surface area contributed by atoms with Crippen LogP contribution >= 0.6 is 33.9 Å². The number of benzene rings is 1.